The number of para-hydroxylation sites is 1. The second kappa shape index (κ2) is 8.81. The van der Waals surface area contributed by atoms with Crippen LogP contribution >= 0.6 is 0 Å². The van der Waals surface area contributed by atoms with Gasteiger partial charge in [-0.15, -0.1) is 0 Å². The smallest absolute Gasteiger partial charge is 0.255 e. The molecule has 0 aromatic heterocycles. The number of likely N-dealkylation sites (tertiary alicyclic amines) is 1. The van der Waals surface area contributed by atoms with Crippen LogP contribution in [0.2, 0.25) is 0 Å². The maximum absolute atomic E-state index is 12.4. The Balaban J connectivity index is 1.93. The van der Waals surface area contributed by atoms with Crippen molar-refractivity contribution >= 4 is 24.0 Å². The molecule has 8 heteroatoms. The molecule has 2 rings (SSSR count). The van der Waals surface area contributed by atoms with Crippen LogP contribution in [-0.2, 0) is 14.4 Å². The third kappa shape index (κ3) is 4.56. The molecule has 1 aromatic rings. The fraction of sp³-hybridized carbons (Fsp3) is 0.412. The second-order valence-corrected chi connectivity index (χ2v) is 5.54. The summed E-state index contributed by atoms with van der Waals surface area (Å²) in [5.74, 6) is -0.701. The molecule has 1 fully saturated rings. The maximum atomic E-state index is 12.4. The van der Waals surface area contributed by atoms with Crippen molar-refractivity contribution < 1.29 is 23.9 Å². The summed E-state index contributed by atoms with van der Waals surface area (Å²) in [6.45, 7) is 0.152. The molecule has 0 saturated carbocycles. The highest BCUT2D eigenvalue weighted by molar-refractivity contribution is 5.99. The number of ether oxygens (including phenoxy) is 1. The lowest BCUT2D eigenvalue weighted by molar-refractivity contribution is -0.137. The highest BCUT2D eigenvalue weighted by atomic mass is 16.5. The highest BCUT2D eigenvalue weighted by Gasteiger charge is 2.33. The zero-order chi connectivity index (χ0) is 18.2. The highest BCUT2D eigenvalue weighted by Crippen LogP contribution is 2.18. The number of hydrogen-bond acceptors (Lipinski definition) is 5. The first-order valence-electron chi connectivity index (χ1n) is 8.00. The molecule has 1 atom stereocenters. The number of nitrogens with one attached hydrogen (secondary N) is 2. The molecule has 1 heterocycles. The van der Waals surface area contributed by atoms with Gasteiger partial charge in [0.2, 0.25) is 11.8 Å². The first kappa shape index (κ1) is 18.4. The average Bonchev–Trinajstić information content (AvgIpc) is 3.13. The molecule has 8 nitrogen and oxygen atoms in total. The van der Waals surface area contributed by atoms with Crippen molar-refractivity contribution in [3.8, 4) is 5.75 Å². The third-order valence-corrected chi connectivity index (χ3v) is 3.99. The topological polar surface area (TPSA) is 105 Å². The minimum atomic E-state index is -0.601. The van der Waals surface area contributed by atoms with Crippen LogP contribution in [-0.4, -0.2) is 61.7 Å². The van der Waals surface area contributed by atoms with Crippen LogP contribution in [0.15, 0.2) is 24.3 Å². The van der Waals surface area contributed by atoms with Gasteiger partial charge in [-0.2, -0.15) is 0 Å². The summed E-state index contributed by atoms with van der Waals surface area (Å²) in [5.41, 5.74) is 0.333. The van der Waals surface area contributed by atoms with Crippen molar-refractivity contribution in [2.45, 2.75) is 18.9 Å². The van der Waals surface area contributed by atoms with Crippen LogP contribution in [0.4, 0.5) is 0 Å². The molecule has 3 amide bonds. The quantitative estimate of drug-likeness (QED) is 0.661. The molecule has 0 radical (unpaired) electrons. The van der Waals surface area contributed by atoms with Crippen LogP contribution in [0.3, 0.4) is 0 Å². The van der Waals surface area contributed by atoms with E-state index in [0.717, 1.165) is 0 Å². The standard InChI is InChI=1S/C17H21N3O5/c1-25-14-7-3-2-5-12(14)16(23)19-11-15(22)20-9-4-6-13(20)17(24)18-8-10-21/h2-3,5,7,10,13H,4,6,8-9,11H2,1H3,(H,18,24)(H,19,23)/t13-/m0/s1. The number of hydrogen-bond donors (Lipinski definition) is 2. The van der Waals surface area contributed by atoms with Gasteiger partial charge in [-0.1, -0.05) is 12.1 Å². The van der Waals surface area contributed by atoms with Gasteiger partial charge in [0.25, 0.3) is 5.91 Å². The van der Waals surface area contributed by atoms with Gasteiger partial charge < -0.3 is 25.1 Å². The van der Waals surface area contributed by atoms with E-state index in [9.17, 15) is 19.2 Å². The van der Waals surface area contributed by atoms with E-state index in [1.807, 2.05) is 0 Å². The number of nitrogens with zero attached hydrogens (tertiary/aromatic N) is 1. The summed E-state index contributed by atoms with van der Waals surface area (Å²) in [7, 11) is 1.46. The number of rotatable bonds is 7. The van der Waals surface area contributed by atoms with Gasteiger partial charge >= 0.3 is 0 Å². The summed E-state index contributed by atoms with van der Waals surface area (Å²) < 4.78 is 5.12. The van der Waals surface area contributed by atoms with Crippen LogP contribution in [0, 0.1) is 0 Å². The zero-order valence-electron chi connectivity index (χ0n) is 14.0. The number of methoxy groups -OCH3 is 1. The molecule has 1 aliphatic heterocycles. The van der Waals surface area contributed by atoms with Crippen molar-refractivity contribution in [3.63, 3.8) is 0 Å². The van der Waals surface area contributed by atoms with Gasteiger partial charge in [-0.3, -0.25) is 14.4 Å². The van der Waals surface area contributed by atoms with E-state index in [-0.39, 0.29) is 24.9 Å². The summed E-state index contributed by atoms with van der Waals surface area (Å²) >= 11 is 0. The average molecular weight is 347 g/mol. The molecule has 0 bridgehead atoms. The number of benzene rings is 1. The van der Waals surface area contributed by atoms with E-state index in [4.69, 9.17) is 4.74 Å². The molecular weight excluding hydrogens is 326 g/mol. The Bertz CT molecular complexity index is 661. The Kier molecular flexibility index (Phi) is 6.50. The van der Waals surface area contributed by atoms with Gasteiger partial charge in [0, 0.05) is 6.54 Å². The summed E-state index contributed by atoms with van der Waals surface area (Å²) in [4.78, 5) is 48.4. The minimum Gasteiger partial charge on any atom is -0.496 e. The molecule has 134 valence electrons. The predicted molar refractivity (Wildman–Crippen MR) is 89.1 cm³/mol. The van der Waals surface area contributed by atoms with Crippen molar-refractivity contribution in [1.29, 1.82) is 0 Å². The minimum absolute atomic E-state index is 0.0814. The van der Waals surface area contributed by atoms with E-state index in [2.05, 4.69) is 10.6 Å². The van der Waals surface area contributed by atoms with Gasteiger partial charge in [0.1, 0.15) is 18.1 Å². The van der Waals surface area contributed by atoms with Gasteiger partial charge in [-0.05, 0) is 25.0 Å². The fourth-order valence-corrected chi connectivity index (χ4v) is 2.78. The van der Waals surface area contributed by atoms with Crippen LogP contribution in [0.1, 0.15) is 23.2 Å². The molecule has 1 aromatic carbocycles. The molecular formula is C17H21N3O5. The van der Waals surface area contributed by atoms with E-state index < -0.39 is 11.9 Å². The zero-order valence-corrected chi connectivity index (χ0v) is 14.0. The van der Waals surface area contributed by atoms with Crippen molar-refractivity contribution in [2.24, 2.45) is 0 Å². The number of aldehydes is 1. The number of carbonyl (C=O) groups excluding carboxylic acids is 4. The Morgan fingerprint density at radius 1 is 1.28 bits per heavy atom. The van der Waals surface area contributed by atoms with Crippen LogP contribution in [0.5, 0.6) is 5.75 Å². The molecule has 1 saturated heterocycles. The van der Waals surface area contributed by atoms with Gasteiger partial charge in [0.05, 0.1) is 25.8 Å². The van der Waals surface area contributed by atoms with Gasteiger partial charge in [0.15, 0.2) is 0 Å². The van der Waals surface area contributed by atoms with E-state index >= 15 is 0 Å². The van der Waals surface area contributed by atoms with Crippen molar-refractivity contribution in [1.82, 2.24) is 15.5 Å². The Hall–Kier alpha value is -2.90. The molecule has 2 N–H and O–H groups in total. The maximum Gasteiger partial charge on any atom is 0.255 e. The molecule has 1 aliphatic rings. The monoisotopic (exact) mass is 347 g/mol. The Morgan fingerprint density at radius 2 is 2.04 bits per heavy atom. The predicted octanol–water partition coefficient (Wildman–Crippen LogP) is -0.269. The Morgan fingerprint density at radius 3 is 2.76 bits per heavy atom. The van der Waals surface area contributed by atoms with E-state index in [0.29, 0.717) is 37.0 Å². The first-order chi connectivity index (χ1) is 12.1. The summed E-state index contributed by atoms with van der Waals surface area (Å²) in [6, 6.07) is 6.10. The molecule has 0 spiro atoms. The lowest BCUT2D eigenvalue weighted by Crippen LogP contribution is -2.49. The number of carbonyl (C=O) groups is 4. The fourth-order valence-electron chi connectivity index (χ4n) is 2.78. The van der Waals surface area contributed by atoms with E-state index in [1.54, 1.807) is 24.3 Å². The molecule has 0 unspecified atom stereocenters. The molecule has 0 aliphatic carbocycles. The van der Waals surface area contributed by atoms with Crippen molar-refractivity contribution in [3.05, 3.63) is 29.8 Å². The number of amides is 3. The van der Waals surface area contributed by atoms with Crippen molar-refractivity contribution in [2.75, 3.05) is 26.7 Å². The van der Waals surface area contributed by atoms with Crippen LogP contribution < -0.4 is 15.4 Å². The van der Waals surface area contributed by atoms with Gasteiger partial charge in [-0.25, -0.2) is 0 Å². The second-order valence-electron chi connectivity index (χ2n) is 5.54. The SMILES string of the molecule is COc1ccccc1C(=O)NCC(=O)N1CCC[C@H]1C(=O)NCC=O. The summed E-state index contributed by atoms with van der Waals surface area (Å²) in [6.07, 6.45) is 1.83. The van der Waals surface area contributed by atoms with E-state index in [1.165, 1.54) is 12.0 Å². The molecule has 25 heavy (non-hydrogen) atoms. The lowest BCUT2D eigenvalue weighted by atomic mass is 10.2. The largest absolute Gasteiger partial charge is 0.496 e. The summed E-state index contributed by atoms with van der Waals surface area (Å²) in [5, 5.41) is 5.02. The normalized spacial score (nSPS) is 16.2. The Labute approximate surface area is 145 Å². The lowest BCUT2D eigenvalue weighted by Gasteiger charge is -2.23. The van der Waals surface area contributed by atoms with Crippen LogP contribution in [0.25, 0.3) is 0 Å². The third-order valence-electron chi connectivity index (χ3n) is 3.99. The first-order valence-corrected chi connectivity index (χ1v) is 8.00.